The van der Waals surface area contributed by atoms with E-state index < -0.39 is 0 Å². The minimum atomic E-state index is -0.389. The van der Waals surface area contributed by atoms with Gasteiger partial charge in [0, 0.05) is 35.4 Å². The minimum Gasteiger partial charge on any atom is -0.368 e. The molecule has 1 amide bonds. The summed E-state index contributed by atoms with van der Waals surface area (Å²) in [7, 11) is 0. The molecule has 4 rings (SSSR count). The van der Waals surface area contributed by atoms with Crippen molar-refractivity contribution in [2.45, 2.75) is 25.9 Å². The zero-order chi connectivity index (χ0) is 17.2. The van der Waals surface area contributed by atoms with Crippen LogP contribution in [0.5, 0.6) is 0 Å². The van der Waals surface area contributed by atoms with E-state index in [1.807, 2.05) is 6.20 Å². The summed E-state index contributed by atoms with van der Waals surface area (Å²) in [5, 5.41) is 8.86. The Labute approximate surface area is 146 Å². The van der Waals surface area contributed by atoms with Crippen molar-refractivity contribution in [1.82, 2.24) is 19.7 Å². The van der Waals surface area contributed by atoms with E-state index in [1.54, 1.807) is 10.9 Å². The summed E-state index contributed by atoms with van der Waals surface area (Å²) in [6, 6.07) is 8.65. The third-order valence-corrected chi connectivity index (χ3v) is 4.97. The van der Waals surface area contributed by atoms with Gasteiger partial charge in [-0.25, -0.2) is 0 Å². The number of rotatable bonds is 5. The molecule has 0 aliphatic carbocycles. The van der Waals surface area contributed by atoms with Crippen LogP contribution in [0, 0.1) is 5.92 Å². The van der Waals surface area contributed by atoms with Crippen LogP contribution in [-0.4, -0.2) is 33.3 Å². The largest absolute Gasteiger partial charge is 0.368 e. The fourth-order valence-corrected chi connectivity index (χ4v) is 3.64. The van der Waals surface area contributed by atoms with Crippen LogP contribution in [0.1, 0.15) is 12.8 Å². The van der Waals surface area contributed by atoms with E-state index in [1.165, 1.54) is 23.7 Å². The third-order valence-electron chi connectivity index (χ3n) is 4.97. The van der Waals surface area contributed by atoms with Crippen molar-refractivity contribution in [3.05, 3.63) is 42.9 Å². The van der Waals surface area contributed by atoms with Gasteiger partial charge in [0.25, 0.3) is 0 Å². The molecule has 1 aliphatic heterocycles. The number of nitrogens with zero attached hydrogens (tertiary/aromatic N) is 3. The van der Waals surface area contributed by atoms with Crippen LogP contribution in [0.4, 0.5) is 0 Å². The quantitative estimate of drug-likeness (QED) is 0.747. The molecule has 0 bridgehead atoms. The lowest BCUT2D eigenvalue weighted by Gasteiger charge is -2.23. The molecule has 0 spiro atoms. The second-order valence-electron chi connectivity index (χ2n) is 6.83. The number of hydrogen-bond acceptors (Lipinski definition) is 3. The van der Waals surface area contributed by atoms with Crippen LogP contribution in [0.2, 0.25) is 0 Å². The monoisotopic (exact) mass is 337 g/mol. The zero-order valence-electron chi connectivity index (χ0n) is 14.2. The summed E-state index contributed by atoms with van der Waals surface area (Å²) in [5.41, 5.74) is 8.58. The Bertz CT molecular complexity index is 888. The van der Waals surface area contributed by atoms with E-state index in [0.29, 0.717) is 0 Å². The average Bonchev–Trinajstić information content (AvgIpc) is 3.22. The molecule has 1 fully saturated rings. The number of carbonyl (C=O) groups excluding carboxylic acids is 1. The Hall–Kier alpha value is -2.60. The summed E-state index contributed by atoms with van der Waals surface area (Å²) in [6.07, 6.45) is 8.31. The molecule has 0 unspecified atom stereocenters. The smallest absolute Gasteiger partial charge is 0.239 e. The van der Waals surface area contributed by atoms with Gasteiger partial charge in [0.05, 0.1) is 6.20 Å². The number of benzene rings is 1. The molecule has 0 saturated carbocycles. The van der Waals surface area contributed by atoms with E-state index in [0.717, 1.165) is 36.7 Å². The maximum atomic E-state index is 11.0. The van der Waals surface area contributed by atoms with Gasteiger partial charge in [0.2, 0.25) is 5.91 Å². The fraction of sp³-hybridized carbons (Fsp3) is 0.368. The number of nitrogens with one attached hydrogen (secondary N) is 1. The van der Waals surface area contributed by atoms with Gasteiger partial charge in [-0.15, -0.1) is 0 Å². The summed E-state index contributed by atoms with van der Waals surface area (Å²) in [4.78, 5) is 11.0. The summed E-state index contributed by atoms with van der Waals surface area (Å²) in [6.45, 7) is 3.45. The van der Waals surface area contributed by atoms with E-state index in [-0.39, 0.29) is 12.5 Å². The predicted molar refractivity (Wildman–Crippen MR) is 97.9 cm³/mol. The van der Waals surface area contributed by atoms with Gasteiger partial charge >= 0.3 is 0 Å². The third kappa shape index (κ3) is 3.44. The number of hydrogen-bond donors (Lipinski definition) is 2. The Balaban J connectivity index is 1.56. The minimum absolute atomic E-state index is 0.106. The standard InChI is InChI=1S/C19H23N5O/c20-19(25)13-24-12-17(10-22-24)15-1-2-18-16(9-15)5-8-23(18)11-14-3-6-21-7-4-14/h1-2,5,8-10,12,14,21H,3-4,6-7,11,13H2,(H2,20,25). The highest BCUT2D eigenvalue weighted by Gasteiger charge is 2.14. The van der Waals surface area contributed by atoms with Gasteiger partial charge in [-0.3, -0.25) is 9.48 Å². The van der Waals surface area contributed by atoms with Crippen molar-refractivity contribution in [2.75, 3.05) is 13.1 Å². The summed E-state index contributed by atoms with van der Waals surface area (Å²) < 4.78 is 3.94. The van der Waals surface area contributed by atoms with Crippen molar-refractivity contribution in [3.8, 4) is 11.1 Å². The molecule has 6 nitrogen and oxygen atoms in total. The maximum Gasteiger partial charge on any atom is 0.239 e. The predicted octanol–water partition coefficient (Wildman–Crippen LogP) is 1.99. The van der Waals surface area contributed by atoms with Gasteiger partial charge in [-0.1, -0.05) is 6.07 Å². The Morgan fingerprint density at radius 3 is 2.88 bits per heavy atom. The number of piperidine rings is 1. The fourth-order valence-electron chi connectivity index (χ4n) is 3.64. The molecule has 1 saturated heterocycles. The Morgan fingerprint density at radius 1 is 1.24 bits per heavy atom. The lowest BCUT2D eigenvalue weighted by atomic mass is 9.98. The first-order valence-corrected chi connectivity index (χ1v) is 8.80. The SMILES string of the molecule is NC(=O)Cn1cc(-c2ccc3c(ccn3CC3CCNCC3)c2)cn1. The number of carbonyl (C=O) groups is 1. The summed E-state index contributed by atoms with van der Waals surface area (Å²) >= 11 is 0. The van der Waals surface area contributed by atoms with Crippen LogP contribution in [0.15, 0.2) is 42.9 Å². The number of nitrogens with two attached hydrogens (primary N) is 1. The van der Waals surface area contributed by atoms with Crippen molar-refractivity contribution in [3.63, 3.8) is 0 Å². The lowest BCUT2D eigenvalue weighted by Crippen LogP contribution is -2.29. The van der Waals surface area contributed by atoms with E-state index in [4.69, 9.17) is 5.73 Å². The molecule has 25 heavy (non-hydrogen) atoms. The molecular weight excluding hydrogens is 314 g/mol. The average molecular weight is 337 g/mol. The topological polar surface area (TPSA) is 77.9 Å². The van der Waals surface area contributed by atoms with Gasteiger partial charge in [-0.2, -0.15) is 5.10 Å². The normalized spacial score (nSPS) is 15.7. The molecule has 3 aromatic rings. The number of amides is 1. The van der Waals surface area contributed by atoms with Gasteiger partial charge in [0.1, 0.15) is 6.54 Å². The van der Waals surface area contributed by atoms with Crippen LogP contribution < -0.4 is 11.1 Å². The molecular formula is C19H23N5O. The molecule has 3 N–H and O–H groups in total. The number of fused-ring (bicyclic) bond motifs is 1. The molecule has 3 heterocycles. The molecule has 0 atom stereocenters. The van der Waals surface area contributed by atoms with Gasteiger partial charge < -0.3 is 15.6 Å². The van der Waals surface area contributed by atoms with Gasteiger partial charge in [0.15, 0.2) is 0 Å². The highest BCUT2D eigenvalue weighted by atomic mass is 16.1. The van der Waals surface area contributed by atoms with E-state index >= 15 is 0 Å². The van der Waals surface area contributed by atoms with Gasteiger partial charge in [-0.05, 0) is 55.6 Å². The Morgan fingerprint density at radius 2 is 2.08 bits per heavy atom. The van der Waals surface area contributed by atoms with Crippen LogP contribution in [-0.2, 0) is 17.9 Å². The molecule has 0 radical (unpaired) electrons. The summed E-state index contributed by atoms with van der Waals surface area (Å²) in [5.74, 6) is 0.364. The molecule has 6 heteroatoms. The first kappa shape index (κ1) is 15.9. The maximum absolute atomic E-state index is 11.0. The highest BCUT2D eigenvalue weighted by molar-refractivity contribution is 5.85. The molecule has 130 valence electrons. The Kier molecular flexibility index (Phi) is 4.28. The van der Waals surface area contributed by atoms with Crippen LogP contribution >= 0.6 is 0 Å². The van der Waals surface area contributed by atoms with Crippen molar-refractivity contribution in [2.24, 2.45) is 11.7 Å². The number of primary amides is 1. The second-order valence-corrected chi connectivity index (χ2v) is 6.83. The van der Waals surface area contributed by atoms with Crippen molar-refractivity contribution < 1.29 is 4.79 Å². The van der Waals surface area contributed by atoms with E-state index in [2.05, 4.69) is 45.4 Å². The molecule has 1 aromatic carbocycles. The number of aromatic nitrogens is 3. The molecule has 1 aliphatic rings. The van der Waals surface area contributed by atoms with Crippen LogP contribution in [0.3, 0.4) is 0 Å². The van der Waals surface area contributed by atoms with E-state index in [9.17, 15) is 4.79 Å². The lowest BCUT2D eigenvalue weighted by molar-refractivity contribution is -0.118. The zero-order valence-corrected chi connectivity index (χ0v) is 14.2. The first-order valence-electron chi connectivity index (χ1n) is 8.80. The van der Waals surface area contributed by atoms with Crippen molar-refractivity contribution >= 4 is 16.8 Å². The first-order chi connectivity index (χ1) is 12.2. The van der Waals surface area contributed by atoms with Crippen molar-refractivity contribution in [1.29, 1.82) is 0 Å². The second kappa shape index (κ2) is 6.72. The van der Waals surface area contributed by atoms with Crippen LogP contribution in [0.25, 0.3) is 22.0 Å². The highest BCUT2D eigenvalue weighted by Crippen LogP contribution is 2.26. The molecule has 2 aromatic heterocycles.